The molecule has 2 aromatic carbocycles. The molecule has 0 saturated heterocycles. The van der Waals surface area contributed by atoms with Crippen molar-refractivity contribution in [3.63, 3.8) is 0 Å². The number of benzene rings is 2. The number of carbonyl (C=O) groups is 1. The number of nitrogens with two attached hydrogens (primary N) is 1. The van der Waals surface area contributed by atoms with Crippen LogP contribution >= 0.6 is 23.4 Å². The van der Waals surface area contributed by atoms with Crippen LogP contribution in [-0.2, 0) is 0 Å². The summed E-state index contributed by atoms with van der Waals surface area (Å²) >= 11 is 7.91. The van der Waals surface area contributed by atoms with E-state index in [1.54, 1.807) is 23.9 Å². The van der Waals surface area contributed by atoms with Gasteiger partial charge in [0.05, 0.1) is 10.6 Å². The molecule has 2 bridgehead atoms. The van der Waals surface area contributed by atoms with E-state index in [-0.39, 0.29) is 34.9 Å². The Morgan fingerprint density at radius 3 is 2.35 bits per heavy atom. The van der Waals surface area contributed by atoms with E-state index in [1.165, 1.54) is 6.07 Å². The van der Waals surface area contributed by atoms with Crippen molar-refractivity contribution in [1.82, 2.24) is 0 Å². The molecular formula is C22H22ClF3N2O2S. The lowest BCUT2D eigenvalue weighted by Gasteiger charge is -2.42. The second-order valence-corrected chi connectivity index (χ2v) is 9.98. The number of carbonyl (C=O) groups excluding carboxylic acids is 1. The van der Waals surface area contributed by atoms with Gasteiger partial charge in [0.15, 0.2) is 17.5 Å². The van der Waals surface area contributed by atoms with Gasteiger partial charge in [0.25, 0.3) is 5.91 Å². The van der Waals surface area contributed by atoms with E-state index in [4.69, 9.17) is 17.3 Å². The fraction of sp³-hybridized carbons (Fsp3) is 0.409. The molecule has 4 nitrogen and oxygen atoms in total. The van der Waals surface area contributed by atoms with Gasteiger partial charge in [-0.25, -0.2) is 13.2 Å². The van der Waals surface area contributed by atoms with Crippen LogP contribution in [0.2, 0.25) is 5.02 Å². The predicted molar refractivity (Wildman–Crippen MR) is 115 cm³/mol. The van der Waals surface area contributed by atoms with Gasteiger partial charge < -0.3 is 16.2 Å². The van der Waals surface area contributed by atoms with Crippen LogP contribution in [0.5, 0.6) is 0 Å². The summed E-state index contributed by atoms with van der Waals surface area (Å²) in [5, 5.41) is 13.9. The van der Waals surface area contributed by atoms with Crippen molar-refractivity contribution in [2.24, 2.45) is 17.6 Å². The second kappa shape index (κ2) is 8.65. The van der Waals surface area contributed by atoms with Gasteiger partial charge in [-0.15, -0.1) is 11.8 Å². The summed E-state index contributed by atoms with van der Waals surface area (Å²) in [6, 6.07) is 6.18. The first-order valence-electron chi connectivity index (χ1n) is 10.1. The van der Waals surface area contributed by atoms with Gasteiger partial charge in [-0.1, -0.05) is 11.6 Å². The third-order valence-electron chi connectivity index (χ3n) is 6.43. The molecule has 0 radical (unpaired) electrons. The molecule has 0 aliphatic heterocycles. The molecule has 0 aromatic heterocycles. The molecule has 0 spiro atoms. The molecule has 1 amide bonds. The maximum absolute atomic E-state index is 13.4. The Labute approximate surface area is 187 Å². The van der Waals surface area contributed by atoms with Gasteiger partial charge in [0.1, 0.15) is 0 Å². The predicted octanol–water partition coefficient (Wildman–Crippen LogP) is 4.98. The molecule has 2 aliphatic rings. The van der Waals surface area contributed by atoms with E-state index in [0.29, 0.717) is 9.92 Å². The largest absolute Gasteiger partial charge is 0.388 e. The molecule has 4 rings (SSSR count). The topological polar surface area (TPSA) is 75.3 Å². The average molecular weight is 471 g/mol. The number of rotatable bonds is 5. The number of aliphatic hydroxyl groups is 1. The Morgan fingerprint density at radius 2 is 1.77 bits per heavy atom. The molecule has 2 fully saturated rings. The Bertz CT molecular complexity index is 985. The highest BCUT2D eigenvalue weighted by Gasteiger charge is 2.52. The quantitative estimate of drug-likeness (QED) is 0.539. The van der Waals surface area contributed by atoms with Gasteiger partial charge >= 0.3 is 0 Å². The zero-order chi connectivity index (χ0) is 22.3. The van der Waals surface area contributed by atoms with Crippen LogP contribution in [0, 0.1) is 29.3 Å². The van der Waals surface area contributed by atoms with E-state index < -0.39 is 29.0 Å². The highest BCUT2D eigenvalue weighted by molar-refractivity contribution is 8.00. The van der Waals surface area contributed by atoms with Crippen molar-refractivity contribution < 1.29 is 23.1 Å². The minimum Gasteiger partial charge on any atom is -0.388 e. The van der Waals surface area contributed by atoms with Crippen LogP contribution < -0.4 is 11.1 Å². The lowest BCUT2D eigenvalue weighted by molar-refractivity contribution is -0.0492. The highest BCUT2D eigenvalue weighted by Crippen LogP contribution is 2.53. The highest BCUT2D eigenvalue weighted by atomic mass is 35.5. The zero-order valence-corrected chi connectivity index (χ0v) is 18.1. The van der Waals surface area contributed by atoms with Crippen molar-refractivity contribution in [2.45, 2.75) is 41.4 Å². The SMILES string of the molecule is NC[C@]1(O)C2CC[C@H]1C[C@H](Sc1cc(C(=O)Nc3cc(F)c(F)c(F)c3)ccc1Cl)C2. The fourth-order valence-electron chi connectivity index (χ4n) is 4.79. The van der Waals surface area contributed by atoms with E-state index in [1.807, 2.05) is 0 Å². The number of hydrogen-bond donors (Lipinski definition) is 3. The first kappa shape index (κ1) is 22.5. The van der Waals surface area contributed by atoms with Gasteiger partial charge in [-0.2, -0.15) is 0 Å². The molecule has 4 atom stereocenters. The van der Waals surface area contributed by atoms with E-state index in [2.05, 4.69) is 5.32 Å². The molecule has 9 heteroatoms. The maximum Gasteiger partial charge on any atom is 0.255 e. The summed E-state index contributed by atoms with van der Waals surface area (Å²) in [5.74, 6) is -4.64. The fourth-order valence-corrected chi connectivity index (χ4v) is 6.43. The monoisotopic (exact) mass is 470 g/mol. The number of hydrogen-bond acceptors (Lipinski definition) is 4. The summed E-state index contributed by atoms with van der Waals surface area (Å²) in [5.41, 5.74) is 5.12. The molecule has 2 aliphatic carbocycles. The van der Waals surface area contributed by atoms with Gasteiger partial charge in [0.2, 0.25) is 0 Å². The molecule has 31 heavy (non-hydrogen) atoms. The van der Waals surface area contributed by atoms with Crippen molar-refractivity contribution in [3.8, 4) is 0 Å². The minimum atomic E-state index is -1.59. The smallest absolute Gasteiger partial charge is 0.255 e. The summed E-state index contributed by atoms with van der Waals surface area (Å²) in [7, 11) is 0. The Kier molecular flexibility index (Phi) is 6.27. The van der Waals surface area contributed by atoms with Crippen LogP contribution in [0.15, 0.2) is 35.2 Å². The average Bonchev–Trinajstić information content (AvgIpc) is 2.90. The lowest BCUT2D eigenvalue weighted by Crippen LogP contribution is -2.51. The summed E-state index contributed by atoms with van der Waals surface area (Å²) in [4.78, 5) is 13.3. The number of anilines is 1. The van der Waals surface area contributed by atoms with Crippen LogP contribution in [0.1, 0.15) is 36.0 Å². The van der Waals surface area contributed by atoms with E-state index in [9.17, 15) is 23.1 Å². The lowest BCUT2D eigenvalue weighted by atomic mass is 9.74. The Hall–Kier alpha value is -1.74. The van der Waals surface area contributed by atoms with Crippen LogP contribution in [0.4, 0.5) is 18.9 Å². The number of halogens is 4. The van der Waals surface area contributed by atoms with Crippen LogP contribution in [0.3, 0.4) is 0 Å². The first-order chi connectivity index (χ1) is 14.7. The van der Waals surface area contributed by atoms with Crippen molar-refractivity contribution in [1.29, 1.82) is 0 Å². The maximum atomic E-state index is 13.4. The van der Waals surface area contributed by atoms with Crippen molar-refractivity contribution in [3.05, 3.63) is 58.4 Å². The second-order valence-electron chi connectivity index (χ2n) is 8.23. The molecule has 2 aromatic rings. The summed E-state index contributed by atoms with van der Waals surface area (Å²) < 4.78 is 39.9. The Morgan fingerprint density at radius 1 is 1.16 bits per heavy atom. The van der Waals surface area contributed by atoms with Crippen LogP contribution in [0.25, 0.3) is 0 Å². The van der Waals surface area contributed by atoms with Crippen molar-refractivity contribution in [2.75, 3.05) is 11.9 Å². The van der Waals surface area contributed by atoms with E-state index >= 15 is 0 Å². The molecule has 0 heterocycles. The van der Waals surface area contributed by atoms with Crippen molar-refractivity contribution >= 4 is 35.0 Å². The van der Waals surface area contributed by atoms with Gasteiger partial charge in [-0.05, 0) is 55.7 Å². The number of nitrogens with one attached hydrogen (secondary N) is 1. The molecule has 166 valence electrons. The van der Waals surface area contributed by atoms with Gasteiger partial charge in [-0.3, -0.25) is 4.79 Å². The van der Waals surface area contributed by atoms with E-state index in [0.717, 1.165) is 37.8 Å². The summed E-state index contributed by atoms with van der Waals surface area (Å²) in [6.45, 7) is 0.265. The van der Waals surface area contributed by atoms with Crippen LogP contribution in [-0.4, -0.2) is 28.4 Å². The molecule has 2 saturated carbocycles. The molecular weight excluding hydrogens is 449 g/mol. The standard InChI is InChI=1S/C22H22ClF3N2O2S/c23-16-4-1-11(21(29)28-14-8-17(24)20(26)18(25)9-14)5-19(16)31-15-6-12-2-3-13(7-15)22(12,30)10-27/h1,4-5,8-9,12-13,15,30H,2-3,6-7,10,27H2,(H,28,29)/t12-,13?,15-,22+/m0/s1. The number of amides is 1. The zero-order valence-electron chi connectivity index (χ0n) is 16.5. The Balaban J connectivity index is 1.48. The normalized spacial score (nSPS) is 27.4. The number of thioether (sulfide) groups is 1. The summed E-state index contributed by atoms with van der Waals surface area (Å²) in [6.07, 6.45) is 3.54. The third kappa shape index (κ3) is 4.31. The minimum absolute atomic E-state index is 0.155. The number of fused-ring (bicyclic) bond motifs is 2. The molecule has 1 unspecified atom stereocenters. The van der Waals surface area contributed by atoms with Gasteiger partial charge in [0, 0.05) is 40.1 Å². The molecule has 4 N–H and O–H groups in total. The third-order valence-corrected chi connectivity index (χ3v) is 8.18. The first-order valence-corrected chi connectivity index (χ1v) is 11.3.